The first-order chi connectivity index (χ1) is 15.0. The molecule has 2 aromatic heterocycles. The second kappa shape index (κ2) is 8.52. The number of aromatic amines is 1. The maximum absolute atomic E-state index is 12.7. The third-order valence-electron chi connectivity index (χ3n) is 4.65. The first-order valence-corrected chi connectivity index (χ1v) is 10.2. The van der Waals surface area contributed by atoms with Gasteiger partial charge in [0, 0.05) is 17.5 Å². The molecule has 2 amide bonds. The Bertz CT molecular complexity index is 1350. The van der Waals surface area contributed by atoms with Crippen LogP contribution in [0.2, 0.25) is 0 Å². The number of nitrogens with zero attached hydrogens (tertiary/aromatic N) is 3. The van der Waals surface area contributed by atoms with Gasteiger partial charge in [0.1, 0.15) is 11.4 Å². The minimum atomic E-state index is -0.648. The van der Waals surface area contributed by atoms with Gasteiger partial charge in [0.15, 0.2) is 5.69 Å². The van der Waals surface area contributed by atoms with Crippen LogP contribution in [0.4, 0.5) is 0 Å². The van der Waals surface area contributed by atoms with Gasteiger partial charge >= 0.3 is 0 Å². The van der Waals surface area contributed by atoms with Crippen LogP contribution in [0.3, 0.4) is 0 Å². The summed E-state index contributed by atoms with van der Waals surface area (Å²) in [5, 5.41) is 11.8. The lowest BCUT2D eigenvalue weighted by Gasteiger charge is -2.10. The average molecular weight is 481 g/mol. The molecule has 0 bridgehead atoms. The summed E-state index contributed by atoms with van der Waals surface area (Å²) >= 11 is 3.38. The minimum Gasteiger partial charge on any atom is -0.271 e. The zero-order chi connectivity index (χ0) is 22.0. The highest BCUT2D eigenvalue weighted by molar-refractivity contribution is 9.10. The number of aryl methyl sites for hydroxylation is 1. The van der Waals surface area contributed by atoms with Crippen molar-refractivity contribution >= 4 is 38.5 Å². The van der Waals surface area contributed by atoms with Crippen LogP contribution in [-0.4, -0.2) is 31.8 Å². The molecule has 0 aliphatic carbocycles. The lowest BCUT2D eigenvalue weighted by molar-refractivity contribution is 0.0840. The number of carbonyl (C=O) groups is 2. The number of aromatic nitrogens is 4. The normalized spacial score (nSPS) is 10.8. The second-order valence-corrected chi connectivity index (χ2v) is 7.34. The van der Waals surface area contributed by atoms with E-state index in [0.29, 0.717) is 27.5 Å². The molecule has 3 N–H and O–H groups in total. The van der Waals surface area contributed by atoms with Gasteiger partial charge in [-0.05, 0) is 28.9 Å². The van der Waals surface area contributed by atoms with Gasteiger partial charge in [0.25, 0.3) is 17.4 Å². The zero-order valence-electron chi connectivity index (χ0n) is 16.3. The number of hydrazine groups is 1. The van der Waals surface area contributed by atoms with Crippen LogP contribution < -0.4 is 16.4 Å². The fourth-order valence-electron chi connectivity index (χ4n) is 3.12. The predicted octanol–water partition coefficient (Wildman–Crippen LogP) is 2.64. The SMILES string of the molecule is CCn1nc(C(=O)NNC(=O)c2[nH]nc(-c3ccccc3)c2Br)c2ccccc2c1=O. The van der Waals surface area contributed by atoms with E-state index in [1.165, 1.54) is 4.68 Å². The Morgan fingerprint density at radius 2 is 1.65 bits per heavy atom. The highest BCUT2D eigenvalue weighted by atomic mass is 79.9. The fraction of sp³-hybridized carbons (Fsp3) is 0.0952. The lowest BCUT2D eigenvalue weighted by atomic mass is 10.1. The van der Waals surface area contributed by atoms with Gasteiger partial charge in [-0.3, -0.25) is 30.3 Å². The van der Waals surface area contributed by atoms with Crippen molar-refractivity contribution in [3.63, 3.8) is 0 Å². The Morgan fingerprint density at radius 1 is 1.00 bits per heavy atom. The van der Waals surface area contributed by atoms with E-state index < -0.39 is 11.8 Å². The number of hydrogen-bond acceptors (Lipinski definition) is 5. The second-order valence-electron chi connectivity index (χ2n) is 6.55. The molecular formula is C21H17BrN6O3. The Balaban J connectivity index is 1.56. The molecular weight excluding hydrogens is 464 g/mol. The molecule has 9 nitrogen and oxygen atoms in total. The molecule has 2 aromatic carbocycles. The molecule has 0 aliphatic heterocycles. The van der Waals surface area contributed by atoms with Crippen molar-refractivity contribution in [1.29, 1.82) is 0 Å². The van der Waals surface area contributed by atoms with Gasteiger partial charge in [-0.25, -0.2) is 4.68 Å². The summed E-state index contributed by atoms with van der Waals surface area (Å²) in [6.45, 7) is 2.06. The van der Waals surface area contributed by atoms with Crippen LogP contribution in [0.1, 0.15) is 27.9 Å². The van der Waals surface area contributed by atoms with E-state index in [0.717, 1.165) is 5.56 Å². The fourth-order valence-corrected chi connectivity index (χ4v) is 3.70. The molecule has 4 aromatic rings. The van der Waals surface area contributed by atoms with Gasteiger partial charge in [-0.2, -0.15) is 10.2 Å². The summed E-state index contributed by atoms with van der Waals surface area (Å²) in [6.07, 6.45) is 0. The molecule has 156 valence electrons. The summed E-state index contributed by atoms with van der Waals surface area (Å²) < 4.78 is 1.67. The monoisotopic (exact) mass is 480 g/mol. The number of fused-ring (bicyclic) bond motifs is 1. The number of halogens is 1. The maximum Gasteiger partial charge on any atom is 0.290 e. The molecule has 0 spiro atoms. The van der Waals surface area contributed by atoms with Crippen molar-refractivity contribution in [1.82, 2.24) is 30.8 Å². The zero-order valence-corrected chi connectivity index (χ0v) is 17.9. The molecule has 0 saturated carbocycles. The van der Waals surface area contributed by atoms with E-state index >= 15 is 0 Å². The summed E-state index contributed by atoms with van der Waals surface area (Å²) in [5.74, 6) is -1.24. The van der Waals surface area contributed by atoms with Gasteiger partial charge in [0.2, 0.25) is 0 Å². The first kappa shape index (κ1) is 20.5. The maximum atomic E-state index is 12.7. The average Bonchev–Trinajstić information content (AvgIpc) is 3.19. The van der Waals surface area contributed by atoms with E-state index in [4.69, 9.17) is 0 Å². The van der Waals surface area contributed by atoms with Crippen LogP contribution in [0, 0.1) is 0 Å². The van der Waals surface area contributed by atoms with Gasteiger partial charge < -0.3 is 0 Å². The van der Waals surface area contributed by atoms with Crippen LogP contribution >= 0.6 is 15.9 Å². The number of amides is 2. The van der Waals surface area contributed by atoms with Crippen molar-refractivity contribution in [2.24, 2.45) is 0 Å². The van der Waals surface area contributed by atoms with Crippen LogP contribution in [0.5, 0.6) is 0 Å². The van der Waals surface area contributed by atoms with Crippen molar-refractivity contribution in [2.45, 2.75) is 13.5 Å². The quantitative estimate of drug-likeness (QED) is 0.387. The first-order valence-electron chi connectivity index (χ1n) is 9.41. The summed E-state index contributed by atoms with van der Waals surface area (Å²) in [5.41, 5.74) is 6.00. The Kier molecular flexibility index (Phi) is 5.63. The molecule has 0 aliphatic rings. The molecule has 2 heterocycles. The molecule has 0 saturated heterocycles. The molecule has 0 atom stereocenters. The molecule has 0 radical (unpaired) electrons. The highest BCUT2D eigenvalue weighted by Gasteiger charge is 2.21. The van der Waals surface area contributed by atoms with Crippen molar-refractivity contribution in [2.75, 3.05) is 0 Å². The largest absolute Gasteiger partial charge is 0.290 e. The highest BCUT2D eigenvalue weighted by Crippen LogP contribution is 2.28. The number of rotatable bonds is 4. The third kappa shape index (κ3) is 3.84. The molecule has 0 unspecified atom stereocenters. The smallest absolute Gasteiger partial charge is 0.271 e. The number of carbonyl (C=O) groups excluding carboxylic acids is 2. The minimum absolute atomic E-state index is 0.0333. The number of benzene rings is 2. The molecule has 0 fully saturated rings. The van der Waals surface area contributed by atoms with E-state index in [1.807, 2.05) is 30.3 Å². The Labute approximate surface area is 184 Å². The van der Waals surface area contributed by atoms with Gasteiger partial charge in [-0.15, -0.1) is 0 Å². The van der Waals surface area contributed by atoms with E-state index in [2.05, 4.69) is 42.1 Å². The molecule has 31 heavy (non-hydrogen) atoms. The number of nitrogens with one attached hydrogen (secondary N) is 3. The standard InChI is InChI=1S/C21H17BrN6O3/c1-2-28-21(31)14-11-7-6-10-13(14)17(27-28)19(29)25-26-20(30)18-15(22)16(23-24-18)12-8-4-3-5-9-12/h3-11H,2H2,1H3,(H,23,24)(H,25,29)(H,26,30). The number of H-pyrrole nitrogens is 1. The van der Waals surface area contributed by atoms with Gasteiger partial charge in [0.05, 0.1) is 9.86 Å². The van der Waals surface area contributed by atoms with Crippen molar-refractivity contribution in [3.8, 4) is 11.3 Å². The lowest BCUT2D eigenvalue weighted by Crippen LogP contribution is -2.43. The summed E-state index contributed by atoms with van der Waals surface area (Å²) in [6, 6.07) is 16.0. The topological polar surface area (TPSA) is 122 Å². The Hall–Kier alpha value is -3.79. The van der Waals surface area contributed by atoms with Crippen LogP contribution in [0.25, 0.3) is 22.0 Å². The third-order valence-corrected chi connectivity index (χ3v) is 5.43. The van der Waals surface area contributed by atoms with E-state index in [9.17, 15) is 14.4 Å². The molecule has 10 heteroatoms. The van der Waals surface area contributed by atoms with E-state index in [1.54, 1.807) is 31.2 Å². The van der Waals surface area contributed by atoms with Crippen molar-refractivity contribution in [3.05, 3.63) is 80.8 Å². The summed E-state index contributed by atoms with van der Waals surface area (Å²) in [7, 11) is 0. The Morgan fingerprint density at radius 3 is 2.35 bits per heavy atom. The van der Waals surface area contributed by atoms with Crippen LogP contribution in [-0.2, 0) is 6.54 Å². The number of hydrogen-bond donors (Lipinski definition) is 3. The van der Waals surface area contributed by atoms with Crippen LogP contribution in [0.15, 0.2) is 63.9 Å². The van der Waals surface area contributed by atoms with Crippen molar-refractivity contribution < 1.29 is 9.59 Å². The molecule has 4 rings (SSSR count). The predicted molar refractivity (Wildman–Crippen MR) is 118 cm³/mol. The van der Waals surface area contributed by atoms with Gasteiger partial charge in [-0.1, -0.05) is 48.5 Å². The van der Waals surface area contributed by atoms with E-state index in [-0.39, 0.29) is 16.9 Å². The summed E-state index contributed by atoms with van der Waals surface area (Å²) in [4.78, 5) is 37.8.